The molecule has 4 aliphatic rings. The standard InChI is InChI=1S/C38H40N6O14S/c1-53-29(45)27-19-37(23-15-9-11-17-25(23)41(33(47)54-2)31(37)43(27)35(49)56-4)39-59(51,52)40-38-20-28(30(46)58-21-22-13-7-6-8-14-22)44(36(50)57-5)32(38)42(34(48)55-3)26-18-12-10-16-24(26)38/h6-18,27-28,31-32,39-40H,19-21H2,1-5H3/t27-,28-,31+,32+,37-,38-/m0/s1. The summed E-state index contributed by atoms with van der Waals surface area (Å²) in [7, 11) is 0.296. The molecule has 312 valence electrons. The molecule has 7 rings (SSSR count). The molecule has 21 heteroatoms. The summed E-state index contributed by atoms with van der Waals surface area (Å²) in [4.78, 5) is 85.9. The Morgan fingerprint density at radius 2 is 0.983 bits per heavy atom. The van der Waals surface area contributed by atoms with Gasteiger partial charge in [-0.15, -0.1) is 0 Å². The second-order valence-electron chi connectivity index (χ2n) is 13.9. The summed E-state index contributed by atoms with van der Waals surface area (Å²) in [5.74, 6) is -1.89. The first-order chi connectivity index (χ1) is 28.2. The molecular weight excluding hydrogens is 797 g/mol. The van der Waals surface area contributed by atoms with Crippen molar-refractivity contribution in [3.05, 3.63) is 95.6 Å². The van der Waals surface area contributed by atoms with E-state index in [1.807, 2.05) is 0 Å². The van der Waals surface area contributed by atoms with Gasteiger partial charge < -0.3 is 28.4 Å². The molecule has 4 heterocycles. The maximum atomic E-state index is 15.2. The molecule has 2 N–H and O–H groups in total. The minimum absolute atomic E-state index is 0.139. The summed E-state index contributed by atoms with van der Waals surface area (Å²) in [6.07, 6.45) is -8.44. The van der Waals surface area contributed by atoms with Crippen LogP contribution in [0.5, 0.6) is 0 Å². The monoisotopic (exact) mass is 836 g/mol. The van der Waals surface area contributed by atoms with E-state index < -0.39 is 94.9 Å². The first-order valence-corrected chi connectivity index (χ1v) is 19.5. The topological polar surface area (TPSA) is 229 Å². The average molecular weight is 837 g/mol. The second kappa shape index (κ2) is 15.4. The molecule has 0 saturated carbocycles. The van der Waals surface area contributed by atoms with Crippen LogP contribution in [0.3, 0.4) is 0 Å². The highest BCUT2D eigenvalue weighted by Crippen LogP contribution is 2.56. The van der Waals surface area contributed by atoms with E-state index >= 15 is 8.42 Å². The minimum atomic E-state index is -5.06. The Morgan fingerprint density at radius 1 is 0.576 bits per heavy atom. The number of nitrogens with zero attached hydrogens (tertiary/aromatic N) is 4. The summed E-state index contributed by atoms with van der Waals surface area (Å²) in [6, 6.07) is 18.0. The van der Waals surface area contributed by atoms with Crippen LogP contribution in [-0.4, -0.2) is 114 Å². The summed E-state index contributed by atoms with van der Waals surface area (Å²) in [5.41, 5.74) is -2.80. The zero-order valence-corrected chi connectivity index (χ0v) is 33.2. The third-order valence-corrected chi connectivity index (χ3v) is 12.3. The SMILES string of the molecule is COC(=O)[C@@H]1C[C@]2(NS(=O)(=O)N[C@]34C[C@@H](C(=O)OCc5ccccc5)N(C(=O)OC)[C@H]3N(C(=O)OC)c3ccccc34)c3ccccc3N(C(=O)OC)[C@@H]2N1C(=O)OC. The fourth-order valence-electron chi connectivity index (χ4n) is 8.82. The predicted molar refractivity (Wildman–Crippen MR) is 202 cm³/mol. The van der Waals surface area contributed by atoms with E-state index in [4.69, 9.17) is 28.4 Å². The van der Waals surface area contributed by atoms with Crippen molar-refractivity contribution in [1.82, 2.24) is 19.2 Å². The van der Waals surface area contributed by atoms with Crippen molar-refractivity contribution < 1.29 is 65.6 Å². The summed E-state index contributed by atoms with van der Waals surface area (Å²) in [5, 5.41) is 0. The maximum Gasteiger partial charge on any atom is 0.415 e. The van der Waals surface area contributed by atoms with Crippen molar-refractivity contribution in [1.29, 1.82) is 0 Å². The lowest BCUT2D eigenvalue weighted by Crippen LogP contribution is -2.65. The van der Waals surface area contributed by atoms with E-state index in [9.17, 15) is 28.8 Å². The Labute approximate surface area is 338 Å². The summed E-state index contributed by atoms with van der Waals surface area (Å²) >= 11 is 0. The molecule has 59 heavy (non-hydrogen) atoms. The van der Waals surface area contributed by atoms with Gasteiger partial charge in [0.15, 0.2) is 0 Å². The molecule has 0 bridgehead atoms. The predicted octanol–water partition coefficient (Wildman–Crippen LogP) is 2.62. The molecule has 0 radical (unpaired) electrons. The number of fused-ring (bicyclic) bond motifs is 6. The van der Waals surface area contributed by atoms with Gasteiger partial charge in [-0.2, -0.15) is 17.9 Å². The van der Waals surface area contributed by atoms with Gasteiger partial charge in [-0.25, -0.2) is 28.8 Å². The van der Waals surface area contributed by atoms with Crippen molar-refractivity contribution in [2.75, 3.05) is 45.3 Å². The molecule has 0 aromatic heterocycles. The zero-order chi connectivity index (χ0) is 42.4. The number of likely N-dealkylation sites (tertiary alicyclic amines) is 2. The molecule has 4 aliphatic heterocycles. The fourth-order valence-corrected chi connectivity index (χ4v) is 10.4. The number of esters is 2. The van der Waals surface area contributed by atoms with Crippen LogP contribution in [0.1, 0.15) is 29.5 Å². The van der Waals surface area contributed by atoms with Gasteiger partial charge in [-0.05, 0) is 17.7 Å². The third-order valence-electron chi connectivity index (χ3n) is 11.0. The lowest BCUT2D eigenvalue weighted by atomic mass is 9.88. The highest BCUT2D eigenvalue weighted by atomic mass is 32.2. The lowest BCUT2D eigenvalue weighted by molar-refractivity contribution is -0.150. The van der Waals surface area contributed by atoms with Crippen molar-refractivity contribution in [3.8, 4) is 0 Å². The van der Waals surface area contributed by atoms with Crippen LogP contribution in [0.15, 0.2) is 78.9 Å². The van der Waals surface area contributed by atoms with E-state index in [0.717, 1.165) is 55.1 Å². The van der Waals surface area contributed by atoms with Crippen LogP contribution in [0.2, 0.25) is 0 Å². The van der Waals surface area contributed by atoms with Crippen molar-refractivity contribution in [3.63, 3.8) is 0 Å². The van der Waals surface area contributed by atoms with E-state index in [0.29, 0.717) is 5.56 Å². The third kappa shape index (κ3) is 6.41. The first kappa shape index (κ1) is 40.7. The largest absolute Gasteiger partial charge is 0.467 e. The van der Waals surface area contributed by atoms with Crippen molar-refractivity contribution >= 4 is 57.9 Å². The Bertz CT molecular complexity index is 2320. The van der Waals surface area contributed by atoms with Gasteiger partial charge in [0.05, 0.1) is 46.9 Å². The van der Waals surface area contributed by atoms with Crippen LogP contribution in [-0.2, 0) is 65.9 Å². The molecule has 3 aromatic carbocycles. The quantitative estimate of drug-likeness (QED) is 0.246. The molecule has 6 atom stereocenters. The number of amides is 4. The van der Waals surface area contributed by atoms with Gasteiger partial charge >= 0.3 is 36.3 Å². The van der Waals surface area contributed by atoms with Gasteiger partial charge in [0.1, 0.15) is 42.1 Å². The lowest BCUT2D eigenvalue weighted by Gasteiger charge is -2.38. The van der Waals surface area contributed by atoms with Crippen molar-refractivity contribution in [2.45, 2.75) is 54.9 Å². The smallest absolute Gasteiger partial charge is 0.415 e. The Balaban J connectivity index is 1.38. The van der Waals surface area contributed by atoms with Crippen LogP contribution in [0.25, 0.3) is 0 Å². The molecule has 0 spiro atoms. The number of benzene rings is 3. The summed E-state index contributed by atoms with van der Waals surface area (Å²) < 4.78 is 66.7. The molecule has 2 fully saturated rings. The van der Waals surface area contributed by atoms with Crippen LogP contribution >= 0.6 is 0 Å². The molecule has 3 aromatic rings. The number of anilines is 2. The zero-order valence-electron chi connectivity index (χ0n) is 32.3. The maximum absolute atomic E-state index is 15.2. The van der Waals surface area contributed by atoms with Crippen LogP contribution < -0.4 is 19.2 Å². The fraction of sp³-hybridized carbons (Fsp3) is 0.368. The van der Waals surface area contributed by atoms with E-state index in [1.54, 1.807) is 54.6 Å². The Hall–Kier alpha value is -6.45. The molecule has 0 unspecified atom stereocenters. The molecule has 2 saturated heterocycles. The van der Waals surface area contributed by atoms with Gasteiger partial charge in [0.25, 0.3) is 10.2 Å². The molecule has 4 amide bonds. The number of methoxy groups -OCH3 is 5. The number of carbonyl (C=O) groups is 6. The number of carbonyl (C=O) groups excluding carboxylic acids is 6. The number of hydrogen-bond acceptors (Lipinski definition) is 14. The molecule has 0 aliphatic carbocycles. The number of hydrogen-bond donors (Lipinski definition) is 2. The van der Waals surface area contributed by atoms with Gasteiger partial charge in [-0.3, -0.25) is 19.6 Å². The molecule has 20 nitrogen and oxygen atoms in total. The average Bonchev–Trinajstić information content (AvgIpc) is 3.92. The normalized spacial score (nSPS) is 25.0. The second-order valence-corrected chi connectivity index (χ2v) is 15.3. The highest BCUT2D eigenvalue weighted by Gasteiger charge is 2.70. The number of ether oxygens (including phenoxy) is 6. The van der Waals surface area contributed by atoms with Crippen molar-refractivity contribution in [2.24, 2.45) is 0 Å². The molecular formula is C38H40N6O14S. The van der Waals surface area contributed by atoms with Gasteiger partial charge in [0, 0.05) is 24.0 Å². The van der Waals surface area contributed by atoms with Crippen LogP contribution in [0, 0.1) is 0 Å². The highest BCUT2D eigenvalue weighted by molar-refractivity contribution is 7.87. The summed E-state index contributed by atoms with van der Waals surface area (Å²) in [6.45, 7) is -0.203. The number of para-hydroxylation sites is 2. The Kier molecular flexibility index (Phi) is 10.6. The van der Waals surface area contributed by atoms with E-state index in [2.05, 4.69) is 9.44 Å². The van der Waals surface area contributed by atoms with E-state index in [-0.39, 0.29) is 29.1 Å². The number of nitrogens with one attached hydrogen (secondary N) is 2. The first-order valence-electron chi connectivity index (χ1n) is 18.0. The van der Waals surface area contributed by atoms with Gasteiger partial charge in [0.2, 0.25) is 0 Å². The minimum Gasteiger partial charge on any atom is -0.467 e. The van der Waals surface area contributed by atoms with Crippen LogP contribution in [0.4, 0.5) is 30.6 Å². The van der Waals surface area contributed by atoms with E-state index in [1.165, 1.54) is 24.3 Å². The Morgan fingerprint density at radius 3 is 1.41 bits per heavy atom. The van der Waals surface area contributed by atoms with Gasteiger partial charge in [-0.1, -0.05) is 66.7 Å². The number of rotatable bonds is 8.